The SMILES string of the molecule is CC[C@H](C)[C@H](CO)N1C(=O)[C@@H]2[C@@H]3C(=O)OCCCC/C=C\[C@@H]3O[C@@]23C=CCN(c2c(C)cccc2C)C(=O)C13. The predicted molar refractivity (Wildman–Crippen MR) is 147 cm³/mol. The van der Waals surface area contributed by atoms with E-state index < -0.39 is 41.6 Å². The van der Waals surface area contributed by atoms with Gasteiger partial charge in [0.05, 0.1) is 31.3 Å². The molecule has 0 saturated carbocycles. The lowest BCUT2D eigenvalue weighted by molar-refractivity contribution is -0.155. The van der Waals surface area contributed by atoms with E-state index in [0.717, 1.165) is 36.1 Å². The number of esters is 1. The lowest BCUT2D eigenvalue weighted by atomic mass is 9.77. The second-order valence-corrected chi connectivity index (χ2v) is 11.4. The van der Waals surface area contributed by atoms with E-state index in [0.29, 0.717) is 13.0 Å². The average molecular weight is 537 g/mol. The Hall–Kier alpha value is -2.97. The first-order valence-corrected chi connectivity index (χ1v) is 14.3. The molecule has 0 bridgehead atoms. The van der Waals surface area contributed by atoms with Crippen LogP contribution >= 0.6 is 0 Å². The zero-order chi connectivity index (χ0) is 27.9. The Morgan fingerprint density at radius 1 is 1.10 bits per heavy atom. The number of aryl methyl sites for hydroxylation is 2. The Morgan fingerprint density at radius 2 is 1.85 bits per heavy atom. The molecule has 2 saturated heterocycles. The minimum atomic E-state index is -1.35. The van der Waals surface area contributed by atoms with E-state index in [1.165, 1.54) is 0 Å². The van der Waals surface area contributed by atoms with Crippen LogP contribution in [0.4, 0.5) is 5.69 Å². The molecule has 5 rings (SSSR count). The normalized spacial score (nSPS) is 33.1. The summed E-state index contributed by atoms with van der Waals surface area (Å²) in [5.41, 5.74) is 1.36. The standard InChI is InChI=1S/C31H40N2O6/c1-5-19(2)22(18-34)33-27-29(36)32(26-20(3)12-10-13-21(26)4)16-11-15-31(27)25(28(33)35)24-23(39-31)14-8-6-7-9-17-38-30(24)37/h8,10-15,19,22-25,27,34H,5-7,9,16-18H2,1-4H3/b14-8-/t19-,22-,23-,24+,25-,27?,31-/m0/s1. The van der Waals surface area contributed by atoms with Crippen LogP contribution < -0.4 is 4.90 Å². The summed E-state index contributed by atoms with van der Waals surface area (Å²) in [4.78, 5) is 45.9. The van der Waals surface area contributed by atoms with Gasteiger partial charge in [0, 0.05) is 12.2 Å². The van der Waals surface area contributed by atoms with Gasteiger partial charge in [0.25, 0.3) is 5.91 Å². The van der Waals surface area contributed by atoms with Gasteiger partial charge in [-0.25, -0.2) is 0 Å². The number of amides is 2. The largest absolute Gasteiger partial charge is 0.465 e. The number of likely N-dealkylation sites (tertiary alicyclic amines) is 1. The van der Waals surface area contributed by atoms with E-state index in [1.807, 2.05) is 70.2 Å². The number of aliphatic hydroxyl groups is 1. The average Bonchev–Trinajstić information content (AvgIpc) is 3.30. The number of aliphatic hydroxyl groups excluding tert-OH is 1. The van der Waals surface area contributed by atoms with Crippen molar-refractivity contribution >= 4 is 23.5 Å². The summed E-state index contributed by atoms with van der Waals surface area (Å²) in [5, 5.41) is 10.5. The maximum atomic E-state index is 14.7. The number of carbonyl (C=O) groups is 3. The smallest absolute Gasteiger partial charge is 0.312 e. The maximum Gasteiger partial charge on any atom is 0.312 e. The number of cyclic esters (lactones) is 1. The fourth-order valence-electron chi connectivity index (χ4n) is 6.96. The number of benzene rings is 1. The summed E-state index contributed by atoms with van der Waals surface area (Å²) in [6, 6.07) is 4.27. The van der Waals surface area contributed by atoms with Gasteiger partial charge in [0.1, 0.15) is 17.6 Å². The molecular formula is C31H40N2O6. The Morgan fingerprint density at radius 3 is 2.54 bits per heavy atom. The van der Waals surface area contributed by atoms with Crippen LogP contribution in [0.5, 0.6) is 0 Å². The number of allylic oxidation sites excluding steroid dienone is 1. The Labute approximate surface area is 230 Å². The molecule has 4 aliphatic rings. The van der Waals surface area contributed by atoms with Crippen LogP contribution in [0.1, 0.15) is 50.7 Å². The Kier molecular flexibility index (Phi) is 7.71. The number of ether oxygens (including phenoxy) is 2. The quantitative estimate of drug-likeness (QED) is 0.457. The highest BCUT2D eigenvalue weighted by molar-refractivity contribution is 6.06. The second-order valence-electron chi connectivity index (χ2n) is 11.4. The third kappa shape index (κ3) is 4.42. The van der Waals surface area contributed by atoms with Gasteiger partial charge in [-0.1, -0.05) is 62.8 Å². The van der Waals surface area contributed by atoms with E-state index in [4.69, 9.17) is 9.47 Å². The van der Waals surface area contributed by atoms with Crippen LogP contribution in [0.25, 0.3) is 0 Å². The highest BCUT2D eigenvalue weighted by Gasteiger charge is 2.72. The lowest BCUT2D eigenvalue weighted by Gasteiger charge is -2.40. The minimum absolute atomic E-state index is 0.0739. The van der Waals surface area contributed by atoms with Crippen molar-refractivity contribution < 1.29 is 29.0 Å². The molecule has 1 unspecified atom stereocenters. The first kappa shape index (κ1) is 27.6. The zero-order valence-corrected chi connectivity index (χ0v) is 23.3. The fourth-order valence-corrected chi connectivity index (χ4v) is 6.96. The molecule has 210 valence electrons. The molecule has 39 heavy (non-hydrogen) atoms. The fraction of sp³-hybridized carbons (Fsp3) is 0.581. The first-order chi connectivity index (χ1) is 18.8. The van der Waals surface area contributed by atoms with Crippen molar-refractivity contribution in [3.05, 3.63) is 53.6 Å². The van der Waals surface area contributed by atoms with Gasteiger partial charge in [-0.15, -0.1) is 0 Å². The number of rotatable bonds is 5. The molecule has 0 radical (unpaired) electrons. The molecule has 2 fully saturated rings. The van der Waals surface area contributed by atoms with E-state index in [2.05, 4.69) is 0 Å². The van der Waals surface area contributed by atoms with Gasteiger partial charge in [-0.2, -0.15) is 0 Å². The summed E-state index contributed by atoms with van der Waals surface area (Å²) in [7, 11) is 0. The number of anilines is 1. The summed E-state index contributed by atoms with van der Waals surface area (Å²) in [6.45, 7) is 8.21. The number of nitrogens with zero attached hydrogens (tertiary/aromatic N) is 2. The number of carbonyl (C=O) groups excluding carboxylic acids is 3. The molecule has 2 amide bonds. The number of hydrogen-bond acceptors (Lipinski definition) is 6. The van der Waals surface area contributed by atoms with E-state index in [-0.39, 0.29) is 30.9 Å². The highest BCUT2D eigenvalue weighted by atomic mass is 16.6. The highest BCUT2D eigenvalue weighted by Crippen LogP contribution is 2.54. The Bertz CT molecular complexity index is 1170. The molecule has 1 spiro atoms. The third-order valence-electron chi connectivity index (χ3n) is 9.09. The van der Waals surface area contributed by atoms with Crippen molar-refractivity contribution in [2.24, 2.45) is 17.8 Å². The van der Waals surface area contributed by atoms with E-state index in [1.54, 1.807) is 9.80 Å². The molecule has 8 nitrogen and oxygen atoms in total. The van der Waals surface area contributed by atoms with Gasteiger partial charge < -0.3 is 24.4 Å². The Balaban J connectivity index is 1.68. The summed E-state index contributed by atoms with van der Waals surface area (Å²) < 4.78 is 12.4. The van der Waals surface area contributed by atoms with Gasteiger partial charge in [-0.3, -0.25) is 14.4 Å². The van der Waals surface area contributed by atoms with E-state index in [9.17, 15) is 19.5 Å². The van der Waals surface area contributed by atoms with Crippen molar-refractivity contribution in [2.45, 2.75) is 77.2 Å². The van der Waals surface area contributed by atoms with E-state index >= 15 is 0 Å². The number of hydrogen-bond donors (Lipinski definition) is 1. The number of para-hydroxylation sites is 1. The lowest BCUT2D eigenvalue weighted by Crippen LogP contribution is -2.59. The van der Waals surface area contributed by atoms with Crippen LogP contribution in [-0.2, 0) is 23.9 Å². The summed E-state index contributed by atoms with van der Waals surface area (Å²) in [5.74, 6) is -2.95. The van der Waals surface area contributed by atoms with Crippen LogP contribution in [-0.4, -0.2) is 71.3 Å². The predicted octanol–water partition coefficient (Wildman–Crippen LogP) is 3.48. The molecule has 4 heterocycles. The van der Waals surface area contributed by atoms with Crippen molar-refractivity contribution in [1.29, 1.82) is 0 Å². The first-order valence-electron chi connectivity index (χ1n) is 14.3. The molecule has 1 aromatic rings. The maximum absolute atomic E-state index is 14.7. The molecule has 0 aliphatic carbocycles. The van der Waals surface area contributed by atoms with Crippen LogP contribution in [0, 0.1) is 31.6 Å². The van der Waals surface area contributed by atoms with Gasteiger partial charge in [0.2, 0.25) is 5.91 Å². The summed E-state index contributed by atoms with van der Waals surface area (Å²) >= 11 is 0. The van der Waals surface area contributed by atoms with Crippen LogP contribution in [0.3, 0.4) is 0 Å². The molecular weight excluding hydrogens is 496 g/mol. The molecule has 0 aromatic heterocycles. The molecule has 7 atom stereocenters. The van der Waals surface area contributed by atoms with Crippen molar-refractivity contribution in [2.75, 3.05) is 24.7 Å². The number of fused-ring (bicyclic) bond motifs is 2. The minimum Gasteiger partial charge on any atom is -0.465 e. The van der Waals surface area contributed by atoms with Crippen molar-refractivity contribution in [1.82, 2.24) is 4.90 Å². The molecule has 1 N–H and O–H groups in total. The van der Waals surface area contributed by atoms with Crippen molar-refractivity contribution in [3.8, 4) is 0 Å². The van der Waals surface area contributed by atoms with Crippen LogP contribution in [0.2, 0.25) is 0 Å². The topological polar surface area (TPSA) is 96.4 Å². The van der Waals surface area contributed by atoms with Crippen LogP contribution in [0.15, 0.2) is 42.5 Å². The second kappa shape index (κ2) is 10.9. The van der Waals surface area contributed by atoms with Gasteiger partial charge >= 0.3 is 5.97 Å². The zero-order valence-electron chi connectivity index (χ0n) is 23.3. The van der Waals surface area contributed by atoms with Gasteiger partial charge in [-0.05, 0) is 50.2 Å². The van der Waals surface area contributed by atoms with Gasteiger partial charge in [0.15, 0.2) is 0 Å². The molecule has 4 aliphatic heterocycles. The molecule has 1 aromatic carbocycles. The molecule has 8 heteroatoms. The van der Waals surface area contributed by atoms with Crippen molar-refractivity contribution in [3.63, 3.8) is 0 Å². The summed E-state index contributed by atoms with van der Waals surface area (Å²) in [6.07, 6.45) is 10.1. The third-order valence-corrected chi connectivity index (χ3v) is 9.09. The monoisotopic (exact) mass is 536 g/mol.